The topological polar surface area (TPSA) is 32.3 Å². The van der Waals surface area contributed by atoms with E-state index in [1.54, 1.807) is 0 Å². The van der Waals surface area contributed by atoms with Crippen molar-refractivity contribution in [1.29, 1.82) is 0 Å². The molecule has 2 heterocycles. The van der Waals surface area contributed by atoms with Crippen molar-refractivity contribution in [2.24, 2.45) is 5.92 Å². The van der Waals surface area contributed by atoms with E-state index < -0.39 is 0 Å². The molecule has 5 heteroatoms. The minimum Gasteiger partial charge on any atom is -0.351 e. The SMILES string of the molecule is O=C(NC[C@H]1CCN(C2CC2)C1)c1ccc(Br)s1. The zero-order valence-electron chi connectivity index (χ0n) is 10.2. The maximum absolute atomic E-state index is 11.9. The monoisotopic (exact) mass is 328 g/mol. The van der Waals surface area contributed by atoms with Crippen LogP contribution in [0.4, 0.5) is 0 Å². The molecule has 0 aromatic carbocycles. The number of carbonyl (C=O) groups is 1. The quantitative estimate of drug-likeness (QED) is 0.921. The number of amides is 1. The van der Waals surface area contributed by atoms with Gasteiger partial charge >= 0.3 is 0 Å². The van der Waals surface area contributed by atoms with Gasteiger partial charge in [-0.2, -0.15) is 0 Å². The lowest BCUT2D eigenvalue weighted by Gasteiger charge is -2.14. The van der Waals surface area contributed by atoms with Crippen molar-refractivity contribution in [1.82, 2.24) is 10.2 Å². The summed E-state index contributed by atoms with van der Waals surface area (Å²) < 4.78 is 1.01. The highest BCUT2D eigenvalue weighted by Crippen LogP contribution is 2.31. The first-order valence-corrected chi connectivity index (χ1v) is 8.11. The first kappa shape index (κ1) is 12.6. The van der Waals surface area contributed by atoms with E-state index in [0.29, 0.717) is 5.92 Å². The van der Waals surface area contributed by atoms with Crippen LogP contribution in [0.1, 0.15) is 28.9 Å². The average molecular weight is 329 g/mol. The molecule has 2 aliphatic rings. The van der Waals surface area contributed by atoms with Crippen molar-refractivity contribution >= 4 is 33.2 Å². The Balaban J connectivity index is 1.45. The molecule has 0 unspecified atom stereocenters. The van der Waals surface area contributed by atoms with Crippen LogP contribution >= 0.6 is 27.3 Å². The molecular formula is C13H17BrN2OS. The third-order valence-electron chi connectivity index (χ3n) is 3.73. The molecule has 1 aliphatic carbocycles. The van der Waals surface area contributed by atoms with Gasteiger partial charge in [0.1, 0.15) is 0 Å². The zero-order chi connectivity index (χ0) is 12.5. The van der Waals surface area contributed by atoms with Gasteiger partial charge < -0.3 is 10.2 Å². The summed E-state index contributed by atoms with van der Waals surface area (Å²) in [6.07, 6.45) is 3.98. The predicted molar refractivity (Wildman–Crippen MR) is 77.1 cm³/mol. The Kier molecular flexibility index (Phi) is 3.73. The van der Waals surface area contributed by atoms with Gasteiger partial charge in [0.05, 0.1) is 8.66 Å². The van der Waals surface area contributed by atoms with E-state index in [0.717, 1.165) is 21.3 Å². The molecule has 98 valence electrons. The lowest BCUT2D eigenvalue weighted by Crippen LogP contribution is -2.31. The third-order valence-corrected chi connectivity index (χ3v) is 5.35. The largest absolute Gasteiger partial charge is 0.351 e. The maximum atomic E-state index is 11.9. The smallest absolute Gasteiger partial charge is 0.261 e. The van der Waals surface area contributed by atoms with Gasteiger partial charge in [0.25, 0.3) is 5.91 Å². The van der Waals surface area contributed by atoms with Gasteiger partial charge in [0, 0.05) is 19.1 Å². The Bertz CT molecular complexity index is 444. The molecule has 1 aliphatic heterocycles. The number of rotatable bonds is 4. The van der Waals surface area contributed by atoms with Gasteiger partial charge in [-0.15, -0.1) is 11.3 Å². The van der Waals surface area contributed by atoms with Gasteiger partial charge in [0.15, 0.2) is 0 Å². The van der Waals surface area contributed by atoms with E-state index in [1.807, 2.05) is 12.1 Å². The van der Waals surface area contributed by atoms with Crippen LogP contribution in [-0.2, 0) is 0 Å². The Morgan fingerprint density at radius 1 is 1.44 bits per heavy atom. The molecule has 0 bridgehead atoms. The Hall–Kier alpha value is -0.390. The normalized spacial score (nSPS) is 24.4. The Morgan fingerprint density at radius 3 is 2.94 bits per heavy atom. The Morgan fingerprint density at radius 2 is 2.28 bits per heavy atom. The van der Waals surface area contributed by atoms with E-state index in [1.165, 1.54) is 43.7 Å². The standard InChI is InChI=1S/C13H17BrN2OS/c14-12-4-3-11(18-12)13(17)15-7-9-5-6-16(8-9)10-1-2-10/h3-4,9-10H,1-2,5-8H2,(H,15,17)/t9-/m1/s1. The predicted octanol–water partition coefficient (Wildman–Crippen LogP) is 2.72. The molecule has 1 aromatic rings. The summed E-state index contributed by atoms with van der Waals surface area (Å²) in [6.45, 7) is 3.20. The lowest BCUT2D eigenvalue weighted by atomic mass is 10.1. The second kappa shape index (κ2) is 5.31. The van der Waals surface area contributed by atoms with E-state index in [-0.39, 0.29) is 5.91 Å². The summed E-state index contributed by atoms with van der Waals surface area (Å²) >= 11 is 4.87. The highest BCUT2D eigenvalue weighted by atomic mass is 79.9. The van der Waals surface area contributed by atoms with E-state index >= 15 is 0 Å². The number of thiophene rings is 1. The molecule has 18 heavy (non-hydrogen) atoms. The second-order valence-electron chi connectivity index (χ2n) is 5.19. The zero-order valence-corrected chi connectivity index (χ0v) is 12.6. The fourth-order valence-corrected chi connectivity index (χ4v) is 3.86. The highest BCUT2D eigenvalue weighted by Gasteiger charge is 2.34. The van der Waals surface area contributed by atoms with Crippen LogP contribution in [0.2, 0.25) is 0 Å². The average Bonchev–Trinajstić information content (AvgIpc) is 2.95. The van der Waals surface area contributed by atoms with Crippen molar-refractivity contribution in [3.8, 4) is 0 Å². The van der Waals surface area contributed by atoms with Gasteiger partial charge in [0.2, 0.25) is 0 Å². The minimum atomic E-state index is 0.0653. The van der Waals surface area contributed by atoms with Crippen LogP contribution in [-0.4, -0.2) is 36.5 Å². The molecule has 1 saturated heterocycles. The van der Waals surface area contributed by atoms with E-state index in [9.17, 15) is 4.79 Å². The molecular weight excluding hydrogens is 312 g/mol. The summed E-state index contributed by atoms with van der Waals surface area (Å²) in [4.78, 5) is 15.3. The first-order chi connectivity index (χ1) is 8.72. The van der Waals surface area contributed by atoms with E-state index in [4.69, 9.17) is 0 Å². The number of likely N-dealkylation sites (tertiary alicyclic amines) is 1. The highest BCUT2D eigenvalue weighted by molar-refractivity contribution is 9.11. The number of nitrogens with zero attached hydrogens (tertiary/aromatic N) is 1. The summed E-state index contributed by atoms with van der Waals surface area (Å²) in [5, 5.41) is 3.06. The van der Waals surface area contributed by atoms with Crippen LogP contribution in [0.3, 0.4) is 0 Å². The van der Waals surface area contributed by atoms with Crippen molar-refractivity contribution in [2.75, 3.05) is 19.6 Å². The molecule has 1 N–H and O–H groups in total. The fraction of sp³-hybridized carbons (Fsp3) is 0.615. The van der Waals surface area contributed by atoms with Gasteiger partial charge in [-0.3, -0.25) is 4.79 Å². The molecule has 0 spiro atoms. The van der Waals surface area contributed by atoms with Crippen molar-refractivity contribution < 1.29 is 4.79 Å². The molecule has 3 nitrogen and oxygen atoms in total. The molecule has 1 atom stereocenters. The molecule has 1 saturated carbocycles. The van der Waals surface area contributed by atoms with Crippen molar-refractivity contribution in [2.45, 2.75) is 25.3 Å². The van der Waals surface area contributed by atoms with Crippen LogP contribution in [0.5, 0.6) is 0 Å². The molecule has 3 rings (SSSR count). The summed E-state index contributed by atoms with van der Waals surface area (Å²) in [7, 11) is 0. The molecule has 1 amide bonds. The number of carbonyl (C=O) groups excluding carboxylic acids is 1. The van der Waals surface area contributed by atoms with Crippen LogP contribution in [0.15, 0.2) is 15.9 Å². The number of nitrogens with one attached hydrogen (secondary N) is 1. The van der Waals surface area contributed by atoms with Crippen LogP contribution < -0.4 is 5.32 Å². The minimum absolute atomic E-state index is 0.0653. The Labute approximate surface area is 120 Å². The summed E-state index contributed by atoms with van der Waals surface area (Å²) in [5.74, 6) is 0.702. The third kappa shape index (κ3) is 2.95. The molecule has 1 aromatic heterocycles. The first-order valence-electron chi connectivity index (χ1n) is 6.50. The van der Waals surface area contributed by atoms with Crippen molar-refractivity contribution in [3.63, 3.8) is 0 Å². The lowest BCUT2D eigenvalue weighted by molar-refractivity contribution is 0.0951. The molecule has 0 radical (unpaired) electrons. The van der Waals surface area contributed by atoms with E-state index in [2.05, 4.69) is 26.1 Å². The number of hydrogen-bond donors (Lipinski definition) is 1. The van der Waals surface area contributed by atoms with Crippen molar-refractivity contribution in [3.05, 3.63) is 20.8 Å². The fourth-order valence-electron chi connectivity index (χ4n) is 2.56. The summed E-state index contributed by atoms with van der Waals surface area (Å²) in [5.41, 5.74) is 0. The van der Waals surface area contributed by atoms with Crippen LogP contribution in [0, 0.1) is 5.92 Å². The number of hydrogen-bond acceptors (Lipinski definition) is 3. The van der Waals surface area contributed by atoms with Gasteiger partial charge in [-0.05, 0) is 59.8 Å². The van der Waals surface area contributed by atoms with Gasteiger partial charge in [-0.25, -0.2) is 0 Å². The molecule has 2 fully saturated rings. The number of halogens is 1. The summed E-state index contributed by atoms with van der Waals surface area (Å²) in [6, 6.07) is 4.65. The van der Waals surface area contributed by atoms with Gasteiger partial charge in [-0.1, -0.05) is 0 Å². The second-order valence-corrected chi connectivity index (χ2v) is 7.66. The maximum Gasteiger partial charge on any atom is 0.261 e. The van der Waals surface area contributed by atoms with Crippen LogP contribution in [0.25, 0.3) is 0 Å².